The Morgan fingerprint density at radius 3 is 2.95 bits per heavy atom. The number of amides is 1. The van der Waals surface area contributed by atoms with Gasteiger partial charge in [0.1, 0.15) is 0 Å². The minimum absolute atomic E-state index is 0.256. The second-order valence-corrected chi connectivity index (χ2v) is 5.15. The van der Waals surface area contributed by atoms with Crippen molar-refractivity contribution in [3.05, 3.63) is 11.9 Å². The molecule has 2 rings (SSSR count). The fourth-order valence-corrected chi connectivity index (χ4v) is 2.26. The van der Waals surface area contributed by atoms with Crippen LogP contribution in [0.25, 0.3) is 0 Å². The minimum atomic E-state index is -0.879. The van der Waals surface area contributed by atoms with Crippen LogP contribution in [0, 0.1) is 0 Å². The lowest BCUT2D eigenvalue weighted by Gasteiger charge is -2.35. The number of ether oxygens (including phenoxy) is 1. The van der Waals surface area contributed by atoms with Crippen LogP contribution in [-0.2, 0) is 11.3 Å². The second-order valence-electron chi connectivity index (χ2n) is 5.15. The molecule has 8 nitrogen and oxygen atoms in total. The average Bonchev–Trinajstić information content (AvgIpc) is 2.87. The topological polar surface area (TPSA) is 106 Å². The predicted molar refractivity (Wildman–Crippen MR) is 71.0 cm³/mol. The summed E-state index contributed by atoms with van der Waals surface area (Å²) in [5, 5.41) is 18.1. The van der Waals surface area contributed by atoms with Gasteiger partial charge in [0.05, 0.1) is 18.3 Å². The van der Waals surface area contributed by atoms with Gasteiger partial charge >= 0.3 is 0 Å². The molecule has 0 spiro atoms. The van der Waals surface area contributed by atoms with Gasteiger partial charge in [0.25, 0.3) is 5.91 Å². The van der Waals surface area contributed by atoms with Crippen LogP contribution in [0.4, 0.5) is 0 Å². The normalized spacial score (nSPS) is 17.9. The first-order valence-electron chi connectivity index (χ1n) is 6.70. The Kier molecular flexibility index (Phi) is 4.69. The predicted octanol–water partition coefficient (Wildman–Crippen LogP) is -1.15. The zero-order valence-corrected chi connectivity index (χ0v) is 11.7. The third-order valence-electron chi connectivity index (χ3n) is 3.42. The molecule has 1 amide bonds. The lowest BCUT2D eigenvalue weighted by atomic mass is 9.94. The Hall–Kier alpha value is -1.51. The summed E-state index contributed by atoms with van der Waals surface area (Å²) in [7, 11) is 1.65. The first kappa shape index (κ1) is 14.9. The van der Waals surface area contributed by atoms with Gasteiger partial charge in [-0.15, -0.1) is 5.10 Å². The molecule has 1 saturated heterocycles. The molecule has 0 bridgehead atoms. The van der Waals surface area contributed by atoms with Gasteiger partial charge in [0.2, 0.25) is 0 Å². The number of likely N-dealkylation sites (N-methyl/N-ethyl adjacent to an activating group) is 1. The molecule has 1 aliphatic rings. The monoisotopic (exact) mass is 283 g/mol. The fraction of sp³-hybridized carbons (Fsp3) is 0.750. The Bertz CT molecular complexity index is 456. The van der Waals surface area contributed by atoms with Gasteiger partial charge in [-0.25, -0.2) is 0 Å². The molecule has 0 atom stereocenters. The van der Waals surface area contributed by atoms with Gasteiger partial charge in [-0.2, -0.15) is 0 Å². The van der Waals surface area contributed by atoms with E-state index in [2.05, 4.69) is 10.3 Å². The summed E-state index contributed by atoms with van der Waals surface area (Å²) >= 11 is 0. The number of rotatable bonds is 5. The van der Waals surface area contributed by atoms with Crippen LogP contribution in [0.15, 0.2) is 6.20 Å². The Balaban J connectivity index is 1.96. The molecule has 0 radical (unpaired) electrons. The van der Waals surface area contributed by atoms with E-state index < -0.39 is 5.60 Å². The second kappa shape index (κ2) is 6.29. The van der Waals surface area contributed by atoms with E-state index in [-0.39, 0.29) is 18.1 Å². The van der Waals surface area contributed by atoms with Gasteiger partial charge in [0, 0.05) is 46.2 Å². The summed E-state index contributed by atoms with van der Waals surface area (Å²) in [5.41, 5.74) is 4.80. The van der Waals surface area contributed by atoms with E-state index in [1.807, 2.05) is 0 Å². The van der Waals surface area contributed by atoms with Crippen molar-refractivity contribution in [1.29, 1.82) is 0 Å². The van der Waals surface area contributed by atoms with Crippen molar-refractivity contribution in [2.24, 2.45) is 5.73 Å². The summed E-state index contributed by atoms with van der Waals surface area (Å²) in [5.74, 6) is -0.256. The van der Waals surface area contributed by atoms with Crippen molar-refractivity contribution in [2.75, 3.05) is 33.4 Å². The highest BCUT2D eigenvalue weighted by molar-refractivity contribution is 5.91. The molecular formula is C12H21N5O3. The number of carbonyl (C=O) groups is 1. The number of nitrogens with zero attached hydrogens (tertiary/aromatic N) is 4. The van der Waals surface area contributed by atoms with Crippen molar-refractivity contribution >= 4 is 5.91 Å². The maximum atomic E-state index is 12.2. The molecule has 0 unspecified atom stereocenters. The maximum absolute atomic E-state index is 12.2. The Labute approximate surface area is 117 Å². The van der Waals surface area contributed by atoms with E-state index in [1.165, 1.54) is 9.58 Å². The molecule has 0 saturated carbocycles. The first-order valence-corrected chi connectivity index (χ1v) is 6.70. The van der Waals surface area contributed by atoms with E-state index in [0.717, 1.165) is 0 Å². The first-order chi connectivity index (χ1) is 9.54. The summed E-state index contributed by atoms with van der Waals surface area (Å²) in [6.45, 7) is 2.26. The zero-order valence-electron chi connectivity index (χ0n) is 11.7. The van der Waals surface area contributed by atoms with E-state index >= 15 is 0 Å². The van der Waals surface area contributed by atoms with Crippen LogP contribution in [0.5, 0.6) is 0 Å². The van der Waals surface area contributed by atoms with Crippen LogP contribution in [-0.4, -0.2) is 69.9 Å². The molecule has 3 N–H and O–H groups in total. The number of nitrogens with two attached hydrogens (primary N) is 1. The van der Waals surface area contributed by atoms with Crippen LogP contribution < -0.4 is 5.73 Å². The highest BCUT2D eigenvalue weighted by Crippen LogP contribution is 2.21. The highest BCUT2D eigenvalue weighted by Gasteiger charge is 2.33. The molecule has 2 heterocycles. The standard InChI is InChI=1S/C12H21N5O3/c1-16(9-12(19)2-6-20-7-3-12)11(18)10-8-17(5-4-13)15-14-10/h8,19H,2-7,9,13H2,1H3. The molecule has 20 heavy (non-hydrogen) atoms. The molecule has 112 valence electrons. The fourth-order valence-electron chi connectivity index (χ4n) is 2.26. The number of hydrogen-bond acceptors (Lipinski definition) is 6. The number of aromatic nitrogens is 3. The third kappa shape index (κ3) is 3.53. The van der Waals surface area contributed by atoms with Gasteiger partial charge in [0.15, 0.2) is 5.69 Å². The van der Waals surface area contributed by atoms with Crippen molar-refractivity contribution < 1.29 is 14.6 Å². The van der Waals surface area contributed by atoms with Crippen molar-refractivity contribution in [3.63, 3.8) is 0 Å². The molecule has 0 aromatic carbocycles. The summed E-state index contributed by atoms with van der Waals surface area (Å²) < 4.78 is 6.75. The number of aliphatic hydroxyl groups is 1. The lowest BCUT2D eigenvalue weighted by molar-refractivity contribution is -0.0734. The SMILES string of the molecule is CN(CC1(O)CCOCC1)C(=O)c1cn(CCN)nn1. The van der Waals surface area contributed by atoms with Crippen LogP contribution >= 0.6 is 0 Å². The quantitative estimate of drug-likeness (QED) is 0.707. The Morgan fingerprint density at radius 1 is 1.60 bits per heavy atom. The third-order valence-corrected chi connectivity index (χ3v) is 3.42. The van der Waals surface area contributed by atoms with Gasteiger partial charge < -0.3 is 20.5 Å². The molecule has 1 aromatic rings. The zero-order chi connectivity index (χ0) is 14.6. The van der Waals surface area contributed by atoms with Gasteiger partial charge in [-0.3, -0.25) is 9.48 Å². The van der Waals surface area contributed by atoms with Crippen LogP contribution in [0.3, 0.4) is 0 Å². The average molecular weight is 283 g/mol. The van der Waals surface area contributed by atoms with E-state index in [4.69, 9.17) is 10.5 Å². The Morgan fingerprint density at radius 2 is 2.30 bits per heavy atom. The molecule has 1 aromatic heterocycles. The molecule has 0 aliphatic carbocycles. The van der Waals surface area contributed by atoms with Crippen molar-refractivity contribution in [1.82, 2.24) is 19.9 Å². The number of hydrogen-bond donors (Lipinski definition) is 2. The molecule has 8 heteroatoms. The van der Waals surface area contributed by atoms with E-state index in [9.17, 15) is 9.90 Å². The summed E-state index contributed by atoms with van der Waals surface area (Å²) in [6, 6.07) is 0. The molecule has 1 aliphatic heterocycles. The van der Waals surface area contributed by atoms with Crippen LogP contribution in [0.2, 0.25) is 0 Å². The number of carbonyl (C=O) groups excluding carboxylic acids is 1. The van der Waals surface area contributed by atoms with E-state index in [1.54, 1.807) is 13.2 Å². The van der Waals surface area contributed by atoms with Gasteiger partial charge in [-0.1, -0.05) is 5.21 Å². The maximum Gasteiger partial charge on any atom is 0.275 e. The van der Waals surface area contributed by atoms with E-state index in [0.29, 0.717) is 39.1 Å². The summed E-state index contributed by atoms with van der Waals surface area (Å²) in [4.78, 5) is 13.7. The van der Waals surface area contributed by atoms with Crippen LogP contribution in [0.1, 0.15) is 23.3 Å². The smallest absolute Gasteiger partial charge is 0.275 e. The lowest BCUT2D eigenvalue weighted by Crippen LogP contribution is -2.47. The summed E-state index contributed by atoms with van der Waals surface area (Å²) in [6.07, 6.45) is 2.63. The minimum Gasteiger partial charge on any atom is -0.388 e. The van der Waals surface area contributed by atoms with Crippen molar-refractivity contribution in [2.45, 2.75) is 25.0 Å². The highest BCUT2D eigenvalue weighted by atomic mass is 16.5. The molecular weight excluding hydrogens is 262 g/mol. The largest absolute Gasteiger partial charge is 0.388 e. The molecule has 1 fully saturated rings. The van der Waals surface area contributed by atoms with Gasteiger partial charge in [-0.05, 0) is 0 Å². The van der Waals surface area contributed by atoms with Crippen molar-refractivity contribution in [3.8, 4) is 0 Å².